The summed E-state index contributed by atoms with van der Waals surface area (Å²) in [4.78, 5) is 26.7. The highest BCUT2D eigenvalue weighted by Gasteiger charge is 2.32. The molecule has 1 heterocycles. The molecular weight excluding hydrogens is 334 g/mol. The van der Waals surface area contributed by atoms with Crippen LogP contribution in [-0.2, 0) is 4.79 Å². The van der Waals surface area contributed by atoms with Crippen LogP contribution in [-0.4, -0.2) is 23.9 Å². The maximum absolute atomic E-state index is 12.1. The Kier molecular flexibility index (Phi) is 4.95. The lowest BCUT2D eigenvalue weighted by Crippen LogP contribution is -2.22. The average molecular weight is 353 g/mol. The van der Waals surface area contributed by atoms with Crippen molar-refractivity contribution in [3.05, 3.63) is 70.3 Å². The van der Waals surface area contributed by atoms with Gasteiger partial charge < -0.3 is 10.0 Å². The highest BCUT2D eigenvalue weighted by Crippen LogP contribution is 2.48. The fourth-order valence-electron chi connectivity index (χ4n) is 3.20. The van der Waals surface area contributed by atoms with Crippen LogP contribution in [0.5, 0.6) is 0 Å². The molecule has 0 aromatic heterocycles. The molecule has 0 radical (unpaired) electrons. The number of nitrogens with zero attached hydrogens (tertiary/aromatic N) is 1. The molecule has 0 saturated heterocycles. The van der Waals surface area contributed by atoms with Gasteiger partial charge in [-0.05, 0) is 37.1 Å². The van der Waals surface area contributed by atoms with Crippen molar-refractivity contribution in [3.8, 4) is 0 Å². The van der Waals surface area contributed by atoms with E-state index in [1.165, 1.54) is 0 Å². The first-order valence-electron chi connectivity index (χ1n) is 8.10. The number of carbonyl (C=O) groups excluding carboxylic acids is 1. The van der Waals surface area contributed by atoms with Crippen LogP contribution in [0.4, 0.5) is 5.69 Å². The zero-order valence-corrected chi connectivity index (χ0v) is 14.9. The van der Waals surface area contributed by atoms with Crippen molar-refractivity contribution in [1.82, 2.24) is 0 Å². The molecule has 0 aliphatic carbocycles. The van der Waals surface area contributed by atoms with Gasteiger partial charge in [-0.2, -0.15) is 0 Å². The molecule has 5 heteroatoms. The number of rotatable bonds is 5. The summed E-state index contributed by atoms with van der Waals surface area (Å²) < 4.78 is 0. The van der Waals surface area contributed by atoms with Gasteiger partial charge in [0.15, 0.2) is 0 Å². The SMILES string of the molecule is CCN1/C(=C(/C)C(C(=O)O)c2ccccc2C=O)Sc2ccccc21. The first-order valence-corrected chi connectivity index (χ1v) is 8.92. The molecule has 1 N–H and O–H groups in total. The summed E-state index contributed by atoms with van der Waals surface area (Å²) in [7, 11) is 0. The maximum Gasteiger partial charge on any atom is 0.315 e. The molecule has 0 amide bonds. The Morgan fingerprint density at radius 2 is 1.88 bits per heavy atom. The third kappa shape index (κ3) is 3.07. The lowest BCUT2D eigenvalue weighted by Gasteiger charge is -2.24. The zero-order chi connectivity index (χ0) is 18.0. The van der Waals surface area contributed by atoms with Crippen LogP contribution >= 0.6 is 11.8 Å². The van der Waals surface area contributed by atoms with Crippen LogP contribution in [0.1, 0.15) is 35.7 Å². The minimum Gasteiger partial charge on any atom is -0.481 e. The molecule has 128 valence electrons. The molecule has 1 unspecified atom stereocenters. The number of para-hydroxylation sites is 1. The molecule has 2 aromatic carbocycles. The number of aliphatic carboxylic acids is 1. The topological polar surface area (TPSA) is 57.6 Å². The average Bonchev–Trinajstić information content (AvgIpc) is 3.00. The minimum atomic E-state index is -0.952. The second kappa shape index (κ2) is 7.15. The third-order valence-corrected chi connectivity index (χ3v) is 5.68. The third-order valence-electron chi connectivity index (χ3n) is 4.38. The van der Waals surface area contributed by atoms with Gasteiger partial charge in [0.05, 0.1) is 10.7 Å². The minimum absolute atomic E-state index is 0.415. The fraction of sp³-hybridized carbons (Fsp3) is 0.200. The number of aldehydes is 1. The molecule has 2 aromatic rings. The summed E-state index contributed by atoms with van der Waals surface area (Å²) in [6.07, 6.45) is 0.720. The maximum atomic E-state index is 12.1. The molecular formula is C20H19NO3S. The molecule has 1 aliphatic rings. The molecule has 1 aliphatic heterocycles. The normalized spacial score (nSPS) is 16.3. The number of benzene rings is 2. The standard InChI is InChI=1S/C20H19NO3S/c1-3-21-16-10-6-7-11-17(16)25-19(21)13(2)18(20(23)24)15-9-5-4-8-14(15)12-22/h4-12,18H,3H2,1-2H3,(H,23,24)/b19-13+. The summed E-state index contributed by atoms with van der Waals surface area (Å²) in [5.74, 6) is -1.81. The number of hydrogen-bond donors (Lipinski definition) is 1. The van der Waals surface area contributed by atoms with Crippen molar-refractivity contribution in [2.45, 2.75) is 24.7 Å². The summed E-state index contributed by atoms with van der Waals surface area (Å²) in [5, 5.41) is 10.8. The predicted octanol–water partition coefficient (Wildman–Crippen LogP) is 4.53. The zero-order valence-electron chi connectivity index (χ0n) is 14.1. The first-order chi connectivity index (χ1) is 12.1. The van der Waals surface area contributed by atoms with Crippen LogP contribution in [0.2, 0.25) is 0 Å². The van der Waals surface area contributed by atoms with Gasteiger partial charge in [0.1, 0.15) is 12.2 Å². The monoisotopic (exact) mass is 353 g/mol. The van der Waals surface area contributed by atoms with Crippen LogP contribution in [0.15, 0.2) is 64.0 Å². The number of carboxylic acid groups (broad SMARTS) is 1. The second-order valence-corrected chi connectivity index (χ2v) is 6.85. The molecule has 4 nitrogen and oxygen atoms in total. The Morgan fingerprint density at radius 3 is 2.56 bits per heavy atom. The Balaban J connectivity index is 2.13. The number of hydrogen-bond acceptors (Lipinski definition) is 4. The Hall–Kier alpha value is -2.53. The summed E-state index contributed by atoms with van der Waals surface area (Å²) in [6, 6.07) is 14.9. The van der Waals surface area contributed by atoms with Crippen molar-refractivity contribution < 1.29 is 14.7 Å². The van der Waals surface area contributed by atoms with Crippen molar-refractivity contribution in [2.75, 3.05) is 11.4 Å². The molecule has 1 atom stereocenters. The summed E-state index contributed by atoms with van der Waals surface area (Å²) >= 11 is 1.58. The smallest absolute Gasteiger partial charge is 0.315 e. The van der Waals surface area contributed by atoms with E-state index in [2.05, 4.69) is 4.90 Å². The van der Waals surface area contributed by atoms with Gasteiger partial charge in [-0.1, -0.05) is 48.2 Å². The highest BCUT2D eigenvalue weighted by molar-refractivity contribution is 8.03. The lowest BCUT2D eigenvalue weighted by atomic mass is 9.89. The molecule has 25 heavy (non-hydrogen) atoms. The summed E-state index contributed by atoms with van der Waals surface area (Å²) in [5.41, 5.74) is 2.78. The predicted molar refractivity (Wildman–Crippen MR) is 100 cm³/mol. The van der Waals surface area contributed by atoms with E-state index < -0.39 is 11.9 Å². The van der Waals surface area contributed by atoms with E-state index in [1.54, 1.807) is 36.0 Å². The van der Waals surface area contributed by atoms with E-state index in [1.807, 2.05) is 38.1 Å². The van der Waals surface area contributed by atoms with E-state index in [0.717, 1.165) is 34.0 Å². The summed E-state index contributed by atoms with van der Waals surface area (Å²) in [6.45, 7) is 4.64. The Morgan fingerprint density at radius 1 is 1.20 bits per heavy atom. The van der Waals surface area contributed by atoms with Gasteiger partial charge in [-0.15, -0.1) is 0 Å². The Labute approximate surface area is 151 Å². The van der Waals surface area contributed by atoms with E-state index in [0.29, 0.717) is 11.1 Å². The molecule has 0 bridgehead atoms. The van der Waals surface area contributed by atoms with Crippen molar-refractivity contribution in [3.63, 3.8) is 0 Å². The molecule has 0 spiro atoms. The van der Waals surface area contributed by atoms with Crippen LogP contribution in [0.3, 0.4) is 0 Å². The Bertz CT molecular complexity index is 860. The van der Waals surface area contributed by atoms with E-state index >= 15 is 0 Å². The van der Waals surface area contributed by atoms with Crippen LogP contribution in [0, 0.1) is 0 Å². The number of fused-ring (bicyclic) bond motifs is 1. The second-order valence-electron chi connectivity index (χ2n) is 5.82. The number of carboxylic acids is 1. The van der Waals surface area contributed by atoms with E-state index in [-0.39, 0.29) is 0 Å². The van der Waals surface area contributed by atoms with Gasteiger partial charge >= 0.3 is 5.97 Å². The van der Waals surface area contributed by atoms with Crippen molar-refractivity contribution in [1.29, 1.82) is 0 Å². The molecule has 3 rings (SSSR count). The number of anilines is 1. The van der Waals surface area contributed by atoms with Crippen LogP contribution < -0.4 is 4.90 Å². The number of thioether (sulfide) groups is 1. The first kappa shape index (κ1) is 17.3. The highest BCUT2D eigenvalue weighted by atomic mass is 32.2. The van der Waals surface area contributed by atoms with E-state index in [9.17, 15) is 14.7 Å². The molecule has 0 saturated carbocycles. The van der Waals surface area contributed by atoms with Gasteiger partial charge in [0.2, 0.25) is 0 Å². The number of carbonyl (C=O) groups is 2. The van der Waals surface area contributed by atoms with E-state index in [4.69, 9.17) is 0 Å². The van der Waals surface area contributed by atoms with Gasteiger partial charge in [-0.3, -0.25) is 9.59 Å². The van der Waals surface area contributed by atoms with Gasteiger partial charge in [0, 0.05) is 17.0 Å². The van der Waals surface area contributed by atoms with Crippen molar-refractivity contribution in [2.24, 2.45) is 0 Å². The fourth-order valence-corrected chi connectivity index (χ4v) is 4.45. The molecule has 0 fully saturated rings. The quantitative estimate of drug-likeness (QED) is 0.800. The van der Waals surface area contributed by atoms with Crippen molar-refractivity contribution >= 4 is 29.7 Å². The van der Waals surface area contributed by atoms with Crippen LogP contribution in [0.25, 0.3) is 0 Å². The lowest BCUT2D eigenvalue weighted by molar-refractivity contribution is -0.137. The van der Waals surface area contributed by atoms with Gasteiger partial charge in [-0.25, -0.2) is 0 Å². The largest absolute Gasteiger partial charge is 0.481 e. The van der Waals surface area contributed by atoms with Gasteiger partial charge in [0.25, 0.3) is 0 Å².